The maximum atomic E-state index is 12.1. The van der Waals surface area contributed by atoms with Crippen molar-refractivity contribution in [3.05, 3.63) is 29.8 Å². The molecule has 1 heterocycles. The molecule has 1 amide bonds. The number of nitrogens with zero attached hydrogens (tertiary/aromatic N) is 1. The number of benzene rings is 1. The molecule has 1 fully saturated rings. The topological polar surface area (TPSA) is 67.9 Å². The number of carbonyl (C=O) groups excluding carboxylic acids is 2. The minimum absolute atomic E-state index is 0.0739. The molecule has 6 heteroatoms. The summed E-state index contributed by atoms with van der Waals surface area (Å²) in [5.41, 5.74) is 1.14. The van der Waals surface area contributed by atoms with Gasteiger partial charge in [-0.2, -0.15) is 0 Å². The van der Waals surface area contributed by atoms with Crippen LogP contribution in [0.25, 0.3) is 0 Å². The van der Waals surface area contributed by atoms with Crippen LogP contribution in [0.3, 0.4) is 0 Å². The summed E-state index contributed by atoms with van der Waals surface area (Å²) in [6.45, 7) is 7.95. The highest BCUT2D eigenvalue weighted by Gasteiger charge is 2.23. The molecule has 0 saturated carbocycles. The number of ether oxygens (including phenoxy) is 2. The molecule has 1 saturated heterocycles. The van der Waals surface area contributed by atoms with Gasteiger partial charge in [-0.15, -0.1) is 0 Å². The molecule has 2 atom stereocenters. The molecule has 0 aromatic heterocycles. The lowest BCUT2D eigenvalue weighted by Gasteiger charge is -2.34. The molecule has 0 aliphatic carbocycles. The molecular weight excluding hydrogens is 296 g/mol. The molecule has 0 bridgehead atoms. The van der Waals surface area contributed by atoms with E-state index in [1.807, 2.05) is 13.8 Å². The highest BCUT2D eigenvalue weighted by molar-refractivity contribution is 5.94. The maximum Gasteiger partial charge on any atom is 0.338 e. The van der Waals surface area contributed by atoms with Gasteiger partial charge < -0.3 is 14.8 Å². The third kappa shape index (κ3) is 5.33. The summed E-state index contributed by atoms with van der Waals surface area (Å²) in [7, 11) is 0. The fourth-order valence-electron chi connectivity index (χ4n) is 2.72. The summed E-state index contributed by atoms with van der Waals surface area (Å²) in [4.78, 5) is 25.8. The first kappa shape index (κ1) is 17.4. The van der Waals surface area contributed by atoms with Gasteiger partial charge in [-0.05, 0) is 45.0 Å². The van der Waals surface area contributed by atoms with Crippen molar-refractivity contribution in [1.82, 2.24) is 4.90 Å². The molecule has 1 aromatic rings. The Labute approximate surface area is 136 Å². The lowest BCUT2D eigenvalue weighted by atomic mass is 10.2. The van der Waals surface area contributed by atoms with Crippen molar-refractivity contribution < 1.29 is 19.1 Å². The van der Waals surface area contributed by atoms with Crippen LogP contribution in [0, 0.1) is 0 Å². The van der Waals surface area contributed by atoms with E-state index in [1.54, 1.807) is 31.2 Å². The Morgan fingerprint density at radius 1 is 1.22 bits per heavy atom. The van der Waals surface area contributed by atoms with Gasteiger partial charge in [0, 0.05) is 18.8 Å². The van der Waals surface area contributed by atoms with E-state index in [-0.39, 0.29) is 24.1 Å². The molecule has 0 unspecified atom stereocenters. The zero-order valence-electron chi connectivity index (χ0n) is 13.9. The minimum Gasteiger partial charge on any atom is -0.462 e. The van der Waals surface area contributed by atoms with E-state index < -0.39 is 0 Å². The van der Waals surface area contributed by atoms with E-state index in [0.29, 0.717) is 24.4 Å². The molecule has 1 N–H and O–H groups in total. The first-order valence-corrected chi connectivity index (χ1v) is 7.92. The molecule has 6 nitrogen and oxygen atoms in total. The van der Waals surface area contributed by atoms with E-state index in [0.717, 1.165) is 13.1 Å². The van der Waals surface area contributed by atoms with Gasteiger partial charge in [0.05, 0.1) is 30.9 Å². The van der Waals surface area contributed by atoms with Crippen LogP contribution in [0.15, 0.2) is 24.3 Å². The average molecular weight is 320 g/mol. The molecule has 1 aliphatic heterocycles. The van der Waals surface area contributed by atoms with Crippen LogP contribution in [0.5, 0.6) is 0 Å². The lowest BCUT2D eigenvalue weighted by Crippen LogP contribution is -2.48. The normalized spacial score (nSPS) is 21.7. The fourth-order valence-corrected chi connectivity index (χ4v) is 2.72. The third-order valence-corrected chi connectivity index (χ3v) is 3.54. The van der Waals surface area contributed by atoms with Crippen molar-refractivity contribution in [2.75, 3.05) is 31.6 Å². The fraction of sp³-hybridized carbons (Fsp3) is 0.529. The smallest absolute Gasteiger partial charge is 0.338 e. The molecular formula is C17H24N2O4. The van der Waals surface area contributed by atoms with Crippen molar-refractivity contribution in [3.8, 4) is 0 Å². The van der Waals surface area contributed by atoms with Crippen LogP contribution in [0.2, 0.25) is 0 Å². The minimum atomic E-state index is -0.360. The van der Waals surface area contributed by atoms with E-state index in [9.17, 15) is 9.59 Å². The molecule has 1 aromatic carbocycles. The van der Waals surface area contributed by atoms with Gasteiger partial charge in [0.25, 0.3) is 0 Å². The van der Waals surface area contributed by atoms with Crippen LogP contribution in [-0.2, 0) is 14.3 Å². The van der Waals surface area contributed by atoms with Crippen molar-refractivity contribution in [1.29, 1.82) is 0 Å². The van der Waals surface area contributed by atoms with Gasteiger partial charge in [-0.1, -0.05) is 0 Å². The van der Waals surface area contributed by atoms with E-state index in [1.165, 1.54) is 0 Å². The number of nitrogens with one attached hydrogen (secondary N) is 1. The second kappa shape index (κ2) is 8.08. The van der Waals surface area contributed by atoms with Crippen LogP contribution in [0.4, 0.5) is 5.69 Å². The number of morpholine rings is 1. The number of hydrogen-bond acceptors (Lipinski definition) is 5. The molecule has 0 radical (unpaired) electrons. The number of amides is 1. The van der Waals surface area contributed by atoms with Gasteiger partial charge in [0.15, 0.2) is 0 Å². The Bertz CT molecular complexity index is 534. The number of anilines is 1. The van der Waals surface area contributed by atoms with Crippen molar-refractivity contribution in [2.45, 2.75) is 33.0 Å². The highest BCUT2D eigenvalue weighted by atomic mass is 16.5. The Kier molecular flexibility index (Phi) is 6.12. The predicted octanol–water partition coefficient (Wildman–Crippen LogP) is 1.91. The van der Waals surface area contributed by atoms with Crippen LogP contribution >= 0.6 is 0 Å². The Hall–Kier alpha value is -1.92. The third-order valence-electron chi connectivity index (χ3n) is 3.54. The summed E-state index contributed by atoms with van der Waals surface area (Å²) >= 11 is 0. The van der Waals surface area contributed by atoms with Crippen LogP contribution in [-0.4, -0.2) is 55.2 Å². The lowest BCUT2D eigenvalue weighted by molar-refractivity contribution is -0.121. The number of esters is 1. The van der Waals surface area contributed by atoms with Gasteiger partial charge in [0.1, 0.15) is 0 Å². The van der Waals surface area contributed by atoms with Gasteiger partial charge >= 0.3 is 5.97 Å². The zero-order chi connectivity index (χ0) is 16.8. The average Bonchev–Trinajstić information content (AvgIpc) is 2.47. The predicted molar refractivity (Wildman–Crippen MR) is 87.5 cm³/mol. The molecule has 23 heavy (non-hydrogen) atoms. The second-order valence-electron chi connectivity index (χ2n) is 5.80. The Balaban J connectivity index is 1.86. The highest BCUT2D eigenvalue weighted by Crippen LogP contribution is 2.13. The van der Waals surface area contributed by atoms with E-state index >= 15 is 0 Å². The van der Waals surface area contributed by atoms with Crippen molar-refractivity contribution in [3.63, 3.8) is 0 Å². The van der Waals surface area contributed by atoms with Gasteiger partial charge in [-0.25, -0.2) is 4.79 Å². The number of carbonyl (C=O) groups is 2. The number of hydrogen-bond donors (Lipinski definition) is 1. The van der Waals surface area contributed by atoms with Crippen LogP contribution < -0.4 is 5.32 Å². The summed E-state index contributed by atoms with van der Waals surface area (Å²) in [6, 6.07) is 6.70. The monoisotopic (exact) mass is 320 g/mol. The maximum absolute atomic E-state index is 12.1. The van der Waals surface area contributed by atoms with Crippen molar-refractivity contribution >= 4 is 17.6 Å². The number of rotatable bonds is 5. The summed E-state index contributed by atoms with van der Waals surface area (Å²) < 4.78 is 10.6. The SMILES string of the molecule is CCOC(=O)c1ccc(NC(=O)CN2C[C@@H](C)O[C@@H](C)C2)cc1. The summed E-state index contributed by atoms with van der Waals surface area (Å²) in [5.74, 6) is -0.433. The molecule has 126 valence electrons. The molecule has 0 spiro atoms. The van der Waals surface area contributed by atoms with Gasteiger partial charge in [-0.3, -0.25) is 9.69 Å². The largest absolute Gasteiger partial charge is 0.462 e. The standard InChI is InChI=1S/C17H24N2O4/c1-4-22-17(21)14-5-7-15(8-6-14)18-16(20)11-19-9-12(2)23-13(3)10-19/h5-8,12-13H,4,9-11H2,1-3H3,(H,18,20)/t12-,13+. The Morgan fingerprint density at radius 2 is 1.83 bits per heavy atom. The zero-order valence-corrected chi connectivity index (χ0v) is 13.9. The second-order valence-corrected chi connectivity index (χ2v) is 5.80. The quantitative estimate of drug-likeness (QED) is 0.840. The Morgan fingerprint density at radius 3 is 2.39 bits per heavy atom. The summed E-state index contributed by atoms with van der Waals surface area (Å²) in [6.07, 6.45) is 0.269. The first-order valence-electron chi connectivity index (χ1n) is 7.92. The van der Waals surface area contributed by atoms with E-state index in [4.69, 9.17) is 9.47 Å². The molecule has 2 rings (SSSR count). The molecule has 1 aliphatic rings. The summed E-state index contributed by atoms with van der Waals surface area (Å²) in [5, 5.41) is 2.84. The van der Waals surface area contributed by atoms with Crippen molar-refractivity contribution in [2.24, 2.45) is 0 Å². The van der Waals surface area contributed by atoms with E-state index in [2.05, 4.69) is 10.2 Å². The van der Waals surface area contributed by atoms with Crippen LogP contribution in [0.1, 0.15) is 31.1 Å². The van der Waals surface area contributed by atoms with Gasteiger partial charge in [0.2, 0.25) is 5.91 Å². The first-order chi connectivity index (χ1) is 11.0.